The van der Waals surface area contributed by atoms with E-state index >= 15 is 0 Å². The number of ether oxygens (including phenoxy) is 1. The normalized spacial score (nSPS) is 16.8. The van der Waals surface area contributed by atoms with Gasteiger partial charge in [0.05, 0.1) is 5.60 Å². The summed E-state index contributed by atoms with van der Waals surface area (Å²) in [7, 11) is 0. The second-order valence-electron chi connectivity index (χ2n) is 4.60. The number of rotatable bonds is 5. The van der Waals surface area contributed by atoms with Gasteiger partial charge in [0.25, 0.3) is 5.91 Å². The molecule has 2 rings (SSSR count). The molecule has 0 radical (unpaired) electrons. The van der Waals surface area contributed by atoms with Gasteiger partial charge in [-0.25, -0.2) is 0 Å². The summed E-state index contributed by atoms with van der Waals surface area (Å²) >= 11 is 5.73. The van der Waals surface area contributed by atoms with Gasteiger partial charge in [-0.2, -0.15) is 0 Å². The van der Waals surface area contributed by atoms with Crippen molar-refractivity contribution in [1.82, 2.24) is 5.32 Å². The standard InChI is InChI=1S/C13H16ClNO3/c14-10-2-4-11(5-3-10)18-8-12(16)15-9-13(17)6-1-7-13/h2-5,17H,1,6-9H2,(H,15,16). The molecule has 1 aliphatic carbocycles. The van der Waals surface area contributed by atoms with Gasteiger partial charge in [0.2, 0.25) is 0 Å². The average molecular weight is 270 g/mol. The molecule has 18 heavy (non-hydrogen) atoms. The highest BCUT2D eigenvalue weighted by molar-refractivity contribution is 6.30. The van der Waals surface area contributed by atoms with E-state index in [2.05, 4.69) is 5.32 Å². The Morgan fingerprint density at radius 3 is 2.61 bits per heavy atom. The Bertz CT molecular complexity index is 415. The molecule has 0 spiro atoms. The molecule has 1 fully saturated rings. The van der Waals surface area contributed by atoms with Crippen molar-refractivity contribution in [2.45, 2.75) is 24.9 Å². The largest absolute Gasteiger partial charge is 0.484 e. The number of hydrogen-bond acceptors (Lipinski definition) is 3. The van der Waals surface area contributed by atoms with Crippen molar-refractivity contribution in [2.24, 2.45) is 0 Å². The molecule has 1 aliphatic rings. The molecule has 0 atom stereocenters. The van der Waals surface area contributed by atoms with Crippen molar-refractivity contribution in [3.63, 3.8) is 0 Å². The monoisotopic (exact) mass is 269 g/mol. The number of carbonyl (C=O) groups excluding carboxylic acids is 1. The summed E-state index contributed by atoms with van der Waals surface area (Å²) in [6, 6.07) is 6.81. The molecule has 1 amide bonds. The fourth-order valence-corrected chi connectivity index (χ4v) is 1.88. The van der Waals surface area contributed by atoms with E-state index in [1.54, 1.807) is 24.3 Å². The van der Waals surface area contributed by atoms with Gasteiger partial charge < -0.3 is 15.2 Å². The van der Waals surface area contributed by atoms with E-state index in [1.165, 1.54) is 0 Å². The lowest BCUT2D eigenvalue weighted by Gasteiger charge is -2.36. The number of hydrogen-bond donors (Lipinski definition) is 2. The quantitative estimate of drug-likeness (QED) is 0.856. The second-order valence-corrected chi connectivity index (χ2v) is 5.03. The van der Waals surface area contributed by atoms with Crippen LogP contribution in [0.4, 0.5) is 0 Å². The van der Waals surface area contributed by atoms with Crippen LogP contribution in [-0.4, -0.2) is 29.8 Å². The molecule has 5 heteroatoms. The minimum absolute atomic E-state index is 0.0578. The summed E-state index contributed by atoms with van der Waals surface area (Å²) in [5.41, 5.74) is -0.698. The summed E-state index contributed by atoms with van der Waals surface area (Å²) in [6.45, 7) is 0.244. The zero-order chi connectivity index (χ0) is 13.0. The molecular weight excluding hydrogens is 254 g/mol. The van der Waals surface area contributed by atoms with Gasteiger partial charge in [-0.3, -0.25) is 4.79 Å². The number of halogens is 1. The molecule has 0 heterocycles. The minimum Gasteiger partial charge on any atom is -0.484 e. The lowest BCUT2D eigenvalue weighted by molar-refractivity contribution is -0.125. The van der Waals surface area contributed by atoms with Crippen LogP contribution >= 0.6 is 11.6 Å². The Morgan fingerprint density at radius 1 is 1.39 bits per heavy atom. The van der Waals surface area contributed by atoms with Crippen molar-refractivity contribution in [3.8, 4) is 5.75 Å². The van der Waals surface area contributed by atoms with Crippen LogP contribution < -0.4 is 10.1 Å². The predicted molar refractivity (Wildman–Crippen MR) is 68.8 cm³/mol. The number of nitrogens with one attached hydrogen (secondary N) is 1. The van der Waals surface area contributed by atoms with Crippen LogP contribution in [-0.2, 0) is 4.79 Å². The van der Waals surface area contributed by atoms with E-state index in [0.717, 1.165) is 19.3 Å². The van der Waals surface area contributed by atoms with Crippen molar-refractivity contribution in [2.75, 3.05) is 13.2 Å². The Balaban J connectivity index is 1.69. The van der Waals surface area contributed by atoms with Gasteiger partial charge >= 0.3 is 0 Å². The fraction of sp³-hybridized carbons (Fsp3) is 0.462. The maximum absolute atomic E-state index is 11.5. The zero-order valence-electron chi connectivity index (χ0n) is 9.99. The maximum atomic E-state index is 11.5. The molecule has 0 unspecified atom stereocenters. The van der Waals surface area contributed by atoms with Crippen LogP contribution in [0.15, 0.2) is 24.3 Å². The topological polar surface area (TPSA) is 58.6 Å². The van der Waals surface area contributed by atoms with Gasteiger partial charge in [0, 0.05) is 11.6 Å². The Morgan fingerprint density at radius 2 is 2.06 bits per heavy atom. The Labute approximate surface area is 111 Å². The van der Waals surface area contributed by atoms with Gasteiger partial charge in [-0.15, -0.1) is 0 Å². The molecule has 2 N–H and O–H groups in total. The third kappa shape index (κ3) is 3.62. The van der Waals surface area contributed by atoms with E-state index in [4.69, 9.17) is 16.3 Å². The lowest BCUT2D eigenvalue weighted by Crippen LogP contribution is -2.48. The van der Waals surface area contributed by atoms with E-state index in [0.29, 0.717) is 17.3 Å². The van der Waals surface area contributed by atoms with Gasteiger partial charge in [0.1, 0.15) is 5.75 Å². The van der Waals surface area contributed by atoms with Gasteiger partial charge in [0.15, 0.2) is 6.61 Å². The molecule has 1 aromatic rings. The highest BCUT2D eigenvalue weighted by Gasteiger charge is 2.34. The molecule has 0 aromatic heterocycles. The van der Waals surface area contributed by atoms with Crippen LogP contribution in [0.25, 0.3) is 0 Å². The van der Waals surface area contributed by atoms with Crippen molar-refractivity contribution in [3.05, 3.63) is 29.3 Å². The summed E-state index contributed by atoms with van der Waals surface area (Å²) in [5.74, 6) is 0.363. The molecule has 0 bridgehead atoms. The van der Waals surface area contributed by atoms with E-state index in [-0.39, 0.29) is 12.5 Å². The van der Waals surface area contributed by atoms with E-state index < -0.39 is 5.60 Å². The highest BCUT2D eigenvalue weighted by Crippen LogP contribution is 2.30. The number of benzene rings is 1. The smallest absolute Gasteiger partial charge is 0.258 e. The first kappa shape index (κ1) is 13.2. The number of amides is 1. The summed E-state index contributed by atoms with van der Waals surface area (Å²) in [4.78, 5) is 11.5. The third-order valence-corrected chi connectivity index (χ3v) is 3.33. The molecule has 0 aliphatic heterocycles. The molecule has 98 valence electrons. The Kier molecular flexibility index (Phi) is 4.09. The number of aliphatic hydroxyl groups is 1. The predicted octanol–water partition coefficient (Wildman–Crippen LogP) is 1.75. The first-order valence-corrected chi connectivity index (χ1v) is 6.33. The van der Waals surface area contributed by atoms with Crippen LogP contribution in [0.3, 0.4) is 0 Å². The molecule has 0 saturated heterocycles. The SMILES string of the molecule is O=C(COc1ccc(Cl)cc1)NCC1(O)CCC1. The van der Waals surface area contributed by atoms with Crippen LogP contribution in [0.2, 0.25) is 5.02 Å². The maximum Gasteiger partial charge on any atom is 0.258 e. The average Bonchev–Trinajstić information content (AvgIpc) is 2.33. The highest BCUT2D eigenvalue weighted by atomic mass is 35.5. The van der Waals surface area contributed by atoms with Crippen LogP contribution in [0.5, 0.6) is 5.75 Å². The Hall–Kier alpha value is -1.26. The van der Waals surface area contributed by atoms with Crippen molar-refractivity contribution in [1.29, 1.82) is 0 Å². The molecule has 1 saturated carbocycles. The summed E-state index contributed by atoms with van der Waals surface area (Å²) < 4.78 is 5.29. The van der Waals surface area contributed by atoms with Crippen molar-refractivity contribution >= 4 is 17.5 Å². The zero-order valence-corrected chi connectivity index (χ0v) is 10.7. The molecule has 1 aromatic carbocycles. The van der Waals surface area contributed by atoms with Crippen LogP contribution in [0, 0.1) is 0 Å². The lowest BCUT2D eigenvalue weighted by atomic mass is 9.80. The summed E-state index contributed by atoms with van der Waals surface area (Å²) in [5, 5.41) is 13.1. The van der Waals surface area contributed by atoms with E-state index in [1.807, 2.05) is 0 Å². The van der Waals surface area contributed by atoms with E-state index in [9.17, 15) is 9.90 Å². The van der Waals surface area contributed by atoms with Crippen molar-refractivity contribution < 1.29 is 14.6 Å². The van der Waals surface area contributed by atoms with Crippen LogP contribution in [0.1, 0.15) is 19.3 Å². The fourth-order valence-electron chi connectivity index (χ4n) is 1.76. The minimum atomic E-state index is -0.698. The third-order valence-electron chi connectivity index (χ3n) is 3.08. The molecular formula is C13H16ClNO3. The second kappa shape index (κ2) is 5.59. The first-order chi connectivity index (χ1) is 8.57. The number of carbonyl (C=O) groups is 1. The summed E-state index contributed by atoms with van der Waals surface area (Å²) in [6.07, 6.45) is 2.53. The van der Waals surface area contributed by atoms with Gasteiger partial charge in [-0.1, -0.05) is 11.6 Å². The van der Waals surface area contributed by atoms with Gasteiger partial charge in [-0.05, 0) is 43.5 Å². The molecule has 4 nitrogen and oxygen atoms in total. The first-order valence-electron chi connectivity index (χ1n) is 5.95.